The summed E-state index contributed by atoms with van der Waals surface area (Å²) in [5, 5.41) is 21.5. The van der Waals surface area contributed by atoms with Gasteiger partial charge in [0.2, 0.25) is 0 Å². The molecule has 26 heavy (non-hydrogen) atoms. The molecule has 0 aliphatic rings. The molecule has 0 fully saturated rings. The smallest absolute Gasteiger partial charge is 0.416 e. The Kier molecular flexibility index (Phi) is 7.01. The Labute approximate surface area is 149 Å². The lowest BCUT2D eigenvalue weighted by Gasteiger charge is -2.14. The van der Waals surface area contributed by atoms with E-state index in [1.165, 1.54) is 12.1 Å². The van der Waals surface area contributed by atoms with Crippen LogP contribution in [0.4, 0.5) is 13.2 Å². The molecule has 1 atom stereocenters. The van der Waals surface area contributed by atoms with Gasteiger partial charge < -0.3 is 15.2 Å². The number of alkyl halides is 3. The number of aliphatic hydroxyl groups excluding tert-OH is 1. The second kappa shape index (κ2) is 9.22. The molecule has 2 aromatic rings. The fourth-order valence-corrected chi connectivity index (χ4v) is 2.38. The van der Waals surface area contributed by atoms with Gasteiger partial charge in [0.25, 0.3) is 0 Å². The maximum Gasteiger partial charge on any atom is 0.416 e. The minimum Gasteiger partial charge on any atom is -0.479 e. The summed E-state index contributed by atoms with van der Waals surface area (Å²) in [4.78, 5) is 0. The molecule has 2 aromatic carbocycles. The maximum absolute atomic E-state index is 12.7. The van der Waals surface area contributed by atoms with Crippen LogP contribution in [-0.2, 0) is 12.6 Å². The lowest BCUT2D eigenvalue weighted by Crippen LogP contribution is -2.24. The Morgan fingerprint density at radius 3 is 2.54 bits per heavy atom. The van der Waals surface area contributed by atoms with Crippen molar-refractivity contribution >= 4 is 0 Å². The SMILES string of the molecule is N#CCOc1ccc(CCNCC(O)c2cccc(C(F)(F)F)c2)cc1. The first-order valence-electron chi connectivity index (χ1n) is 8.05. The lowest BCUT2D eigenvalue weighted by molar-refractivity contribution is -0.137. The molecule has 0 amide bonds. The highest BCUT2D eigenvalue weighted by atomic mass is 19.4. The molecular weight excluding hydrogens is 345 g/mol. The molecule has 0 bridgehead atoms. The van der Waals surface area contributed by atoms with Gasteiger partial charge in [0.15, 0.2) is 6.61 Å². The third kappa shape index (κ3) is 6.06. The molecule has 2 rings (SSSR count). The standard InChI is InChI=1S/C19H19F3N2O2/c20-19(21,22)16-3-1-2-15(12-16)18(25)13-24-10-8-14-4-6-17(7-5-14)26-11-9-23/h1-7,12,18,24-25H,8,10-11,13H2. The number of benzene rings is 2. The van der Waals surface area contributed by atoms with Gasteiger partial charge in [-0.2, -0.15) is 18.4 Å². The normalized spacial score (nSPS) is 12.4. The van der Waals surface area contributed by atoms with Crippen LogP contribution in [0.1, 0.15) is 22.8 Å². The molecule has 0 radical (unpaired) electrons. The van der Waals surface area contributed by atoms with E-state index in [-0.39, 0.29) is 18.7 Å². The number of nitrogens with one attached hydrogen (secondary N) is 1. The van der Waals surface area contributed by atoms with Crippen LogP contribution in [0.5, 0.6) is 5.75 Å². The quantitative estimate of drug-likeness (QED) is 0.704. The average molecular weight is 364 g/mol. The first-order valence-corrected chi connectivity index (χ1v) is 8.05. The average Bonchev–Trinajstić information content (AvgIpc) is 2.63. The number of rotatable bonds is 8. The van der Waals surface area contributed by atoms with Gasteiger partial charge in [0.1, 0.15) is 11.8 Å². The first kappa shape index (κ1) is 19.8. The van der Waals surface area contributed by atoms with Gasteiger partial charge in [-0.1, -0.05) is 24.3 Å². The number of halogens is 3. The molecule has 1 unspecified atom stereocenters. The van der Waals surface area contributed by atoms with Crippen LogP contribution in [0.3, 0.4) is 0 Å². The van der Waals surface area contributed by atoms with Crippen molar-refractivity contribution in [1.82, 2.24) is 5.32 Å². The zero-order chi connectivity index (χ0) is 19.0. The molecule has 7 heteroatoms. The maximum atomic E-state index is 12.7. The van der Waals surface area contributed by atoms with E-state index < -0.39 is 17.8 Å². The highest BCUT2D eigenvalue weighted by Gasteiger charge is 2.30. The fourth-order valence-electron chi connectivity index (χ4n) is 2.38. The van der Waals surface area contributed by atoms with Gasteiger partial charge in [0.05, 0.1) is 11.7 Å². The van der Waals surface area contributed by atoms with Crippen LogP contribution in [0.2, 0.25) is 0 Å². The van der Waals surface area contributed by atoms with Crippen LogP contribution in [0, 0.1) is 11.3 Å². The topological polar surface area (TPSA) is 65.3 Å². The molecular formula is C19H19F3N2O2. The van der Waals surface area contributed by atoms with E-state index in [4.69, 9.17) is 10.00 Å². The third-order valence-corrected chi connectivity index (χ3v) is 3.75. The van der Waals surface area contributed by atoms with Gasteiger partial charge in [-0.15, -0.1) is 0 Å². The van der Waals surface area contributed by atoms with Crippen LogP contribution in [0.15, 0.2) is 48.5 Å². The van der Waals surface area contributed by atoms with E-state index in [1.54, 1.807) is 12.1 Å². The second-order valence-electron chi connectivity index (χ2n) is 5.68. The Hall–Kier alpha value is -2.56. The Bertz CT molecular complexity index is 740. The van der Waals surface area contributed by atoms with E-state index in [0.29, 0.717) is 18.7 Å². The molecule has 138 valence electrons. The predicted octanol–water partition coefficient (Wildman–Crippen LogP) is 3.47. The Morgan fingerprint density at radius 1 is 1.15 bits per heavy atom. The number of nitriles is 1. The number of aliphatic hydroxyl groups is 1. The van der Waals surface area contributed by atoms with Gasteiger partial charge in [-0.25, -0.2) is 0 Å². The Morgan fingerprint density at radius 2 is 1.88 bits per heavy atom. The summed E-state index contributed by atoms with van der Waals surface area (Å²) in [6, 6.07) is 13.9. The zero-order valence-corrected chi connectivity index (χ0v) is 14.0. The fraction of sp³-hybridized carbons (Fsp3) is 0.316. The van der Waals surface area contributed by atoms with Crippen molar-refractivity contribution in [1.29, 1.82) is 5.26 Å². The van der Waals surface area contributed by atoms with Crippen molar-refractivity contribution in [2.75, 3.05) is 19.7 Å². The molecule has 4 nitrogen and oxygen atoms in total. The first-order chi connectivity index (χ1) is 12.4. The molecule has 0 aromatic heterocycles. The summed E-state index contributed by atoms with van der Waals surface area (Å²) in [7, 11) is 0. The van der Waals surface area contributed by atoms with Gasteiger partial charge in [0, 0.05) is 6.54 Å². The summed E-state index contributed by atoms with van der Waals surface area (Å²) in [5.74, 6) is 0.614. The predicted molar refractivity (Wildman–Crippen MR) is 90.5 cm³/mol. The van der Waals surface area contributed by atoms with Crippen LogP contribution in [-0.4, -0.2) is 24.8 Å². The molecule has 0 spiro atoms. The van der Waals surface area contributed by atoms with Gasteiger partial charge in [-0.05, 0) is 48.4 Å². The number of hydrogen-bond donors (Lipinski definition) is 2. The van der Waals surface area contributed by atoms with E-state index >= 15 is 0 Å². The van der Waals surface area contributed by atoms with E-state index in [1.807, 2.05) is 18.2 Å². The summed E-state index contributed by atoms with van der Waals surface area (Å²) in [6.07, 6.45) is -4.75. The second-order valence-corrected chi connectivity index (χ2v) is 5.68. The summed E-state index contributed by atoms with van der Waals surface area (Å²) >= 11 is 0. The Balaban J connectivity index is 1.78. The van der Waals surface area contributed by atoms with Crippen molar-refractivity contribution in [3.05, 3.63) is 65.2 Å². The molecule has 0 heterocycles. The molecule has 2 N–H and O–H groups in total. The van der Waals surface area contributed by atoms with Crippen molar-refractivity contribution in [2.24, 2.45) is 0 Å². The largest absolute Gasteiger partial charge is 0.479 e. The highest BCUT2D eigenvalue weighted by Crippen LogP contribution is 2.30. The van der Waals surface area contributed by atoms with Crippen molar-refractivity contribution in [3.8, 4) is 11.8 Å². The zero-order valence-electron chi connectivity index (χ0n) is 14.0. The molecule has 0 aliphatic heterocycles. The van der Waals surface area contributed by atoms with Crippen LogP contribution < -0.4 is 10.1 Å². The van der Waals surface area contributed by atoms with E-state index in [0.717, 1.165) is 17.7 Å². The minimum absolute atomic E-state index is 0.00563. The van der Waals surface area contributed by atoms with Crippen molar-refractivity contribution < 1.29 is 23.0 Å². The minimum atomic E-state index is -4.42. The van der Waals surface area contributed by atoms with Gasteiger partial charge in [-0.3, -0.25) is 0 Å². The number of ether oxygens (including phenoxy) is 1. The monoisotopic (exact) mass is 364 g/mol. The number of hydrogen-bond acceptors (Lipinski definition) is 4. The summed E-state index contributed by atoms with van der Waals surface area (Å²) < 4.78 is 43.3. The molecule has 0 saturated heterocycles. The summed E-state index contributed by atoms with van der Waals surface area (Å²) in [6.45, 7) is 0.716. The number of nitrogens with zero attached hydrogens (tertiary/aromatic N) is 1. The molecule has 0 saturated carbocycles. The van der Waals surface area contributed by atoms with E-state index in [2.05, 4.69) is 5.32 Å². The van der Waals surface area contributed by atoms with Crippen LogP contribution >= 0.6 is 0 Å². The third-order valence-electron chi connectivity index (χ3n) is 3.75. The summed E-state index contributed by atoms with van der Waals surface area (Å²) in [5.41, 5.74) is 0.495. The van der Waals surface area contributed by atoms with Gasteiger partial charge >= 0.3 is 6.18 Å². The van der Waals surface area contributed by atoms with E-state index in [9.17, 15) is 18.3 Å². The van der Waals surface area contributed by atoms with Crippen molar-refractivity contribution in [2.45, 2.75) is 18.7 Å². The lowest BCUT2D eigenvalue weighted by atomic mass is 10.1. The van der Waals surface area contributed by atoms with Crippen LogP contribution in [0.25, 0.3) is 0 Å². The molecule has 0 aliphatic carbocycles. The van der Waals surface area contributed by atoms with Crippen molar-refractivity contribution in [3.63, 3.8) is 0 Å². The highest BCUT2D eigenvalue weighted by molar-refractivity contribution is 5.28.